The number of hydrogen-bond acceptors (Lipinski definition) is 12. The van der Waals surface area contributed by atoms with Crippen molar-refractivity contribution in [1.82, 2.24) is 0 Å². The van der Waals surface area contributed by atoms with Crippen molar-refractivity contribution >= 4 is 0 Å². The van der Waals surface area contributed by atoms with E-state index in [0.717, 1.165) is 41.5 Å². The van der Waals surface area contributed by atoms with E-state index in [1.165, 1.54) is 0 Å². The Hall–Kier alpha value is -5.52. The van der Waals surface area contributed by atoms with Gasteiger partial charge in [0.2, 0.25) is 23.0 Å². The molecule has 12 nitrogen and oxygen atoms in total. The molecule has 0 aliphatic heterocycles. The zero-order chi connectivity index (χ0) is 40.8. The smallest absolute Gasteiger partial charge is 0.203 e. The molecule has 0 aliphatic rings. The van der Waals surface area contributed by atoms with Crippen LogP contribution in [0.3, 0.4) is 0 Å². The van der Waals surface area contributed by atoms with E-state index in [0.29, 0.717) is 88.3 Å². The maximum Gasteiger partial charge on any atom is 0.203 e. The van der Waals surface area contributed by atoms with Gasteiger partial charge in [-0.2, -0.15) is 0 Å². The molecule has 4 aromatic rings. The van der Waals surface area contributed by atoms with Crippen LogP contribution >= 0.6 is 0 Å². The van der Waals surface area contributed by atoms with Crippen molar-refractivity contribution in [2.75, 3.05) is 85.3 Å². The van der Waals surface area contributed by atoms with Crippen LogP contribution in [0, 0.1) is 11.8 Å². The standard InChI is InChI=1S/C44H58O12/c1-45-33-19-27(20-34(46-2)41(33)53-9)14-13-15-31(16-28-21-35(47-3)42(54-10)36(22-28)48-4)32(17-29-23-37(49-5)43(55-11)38(24-29)50-6)18-30-25-39(51-7)44(56-12)40(26-30)52-8/h19-26,31-32H,13-18H2,1-12H3/t31-/m1/s1. The van der Waals surface area contributed by atoms with E-state index in [2.05, 4.69) is 0 Å². The molecule has 0 radical (unpaired) electrons. The summed E-state index contributed by atoms with van der Waals surface area (Å²) >= 11 is 0. The molecule has 0 aliphatic carbocycles. The van der Waals surface area contributed by atoms with Crippen molar-refractivity contribution < 1.29 is 56.8 Å². The van der Waals surface area contributed by atoms with E-state index in [9.17, 15) is 0 Å². The Morgan fingerprint density at radius 1 is 0.304 bits per heavy atom. The Balaban J connectivity index is 1.86. The highest BCUT2D eigenvalue weighted by Crippen LogP contribution is 2.44. The molecule has 4 rings (SSSR count). The first-order valence-electron chi connectivity index (χ1n) is 18.3. The fourth-order valence-electron chi connectivity index (χ4n) is 7.43. The van der Waals surface area contributed by atoms with Crippen molar-refractivity contribution in [2.45, 2.75) is 38.5 Å². The molecule has 0 bridgehead atoms. The molecule has 0 N–H and O–H groups in total. The fraction of sp³-hybridized carbons (Fsp3) is 0.455. The van der Waals surface area contributed by atoms with Crippen LogP contribution in [0.15, 0.2) is 48.5 Å². The van der Waals surface area contributed by atoms with E-state index in [4.69, 9.17) is 56.8 Å². The molecule has 0 unspecified atom stereocenters. The predicted molar refractivity (Wildman–Crippen MR) is 215 cm³/mol. The summed E-state index contributed by atoms with van der Waals surface area (Å²) in [4.78, 5) is 0. The van der Waals surface area contributed by atoms with Crippen LogP contribution in [-0.2, 0) is 25.7 Å². The number of benzene rings is 4. The fourth-order valence-corrected chi connectivity index (χ4v) is 7.43. The van der Waals surface area contributed by atoms with Gasteiger partial charge in [0.15, 0.2) is 46.0 Å². The Bertz CT molecular complexity index is 1710. The lowest BCUT2D eigenvalue weighted by Gasteiger charge is -2.29. The topological polar surface area (TPSA) is 111 Å². The van der Waals surface area contributed by atoms with Crippen LogP contribution in [0.5, 0.6) is 69.0 Å². The van der Waals surface area contributed by atoms with Gasteiger partial charge in [0, 0.05) is 0 Å². The highest BCUT2D eigenvalue weighted by atomic mass is 16.5. The first-order chi connectivity index (χ1) is 27.2. The van der Waals surface area contributed by atoms with Gasteiger partial charge in [-0.05, 0) is 121 Å². The summed E-state index contributed by atoms with van der Waals surface area (Å²) < 4.78 is 68.6. The first-order valence-corrected chi connectivity index (χ1v) is 18.3. The number of hydrogen-bond donors (Lipinski definition) is 0. The molecule has 0 fully saturated rings. The minimum Gasteiger partial charge on any atom is -0.493 e. The molecule has 0 aromatic heterocycles. The van der Waals surface area contributed by atoms with E-state index in [1.807, 2.05) is 48.5 Å². The van der Waals surface area contributed by atoms with Crippen molar-refractivity contribution in [1.29, 1.82) is 0 Å². The lowest BCUT2D eigenvalue weighted by molar-refractivity contribution is 0.292. The molecule has 0 saturated carbocycles. The molecular weight excluding hydrogens is 720 g/mol. The summed E-state index contributed by atoms with van der Waals surface area (Å²) in [5.74, 6) is 7.24. The summed E-state index contributed by atoms with van der Waals surface area (Å²) in [6.07, 6.45) is 4.61. The zero-order valence-electron chi connectivity index (χ0n) is 34.9. The quantitative estimate of drug-likeness (QED) is 0.0726. The molecule has 0 amide bonds. The molecule has 0 heterocycles. The van der Waals surface area contributed by atoms with Gasteiger partial charge in [0.1, 0.15) is 0 Å². The number of ether oxygens (including phenoxy) is 12. The third-order valence-electron chi connectivity index (χ3n) is 10.1. The normalized spacial score (nSPS) is 11.4. The lowest BCUT2D eigenvalue weighted by Crippen LogP contribution is -2.23. The zero-order valence-corrected chi connectivity index (χ0v) is 34.9. The molecular formula is C44H58O12. The van der Waals surface area contributed by atoms with Crippen molar-refractivity contribution in [3.8, 4) is 69.0 Å². The van der Waals surface area contributed by atoms with Crippen LogP contribution in [0.1, 0.15) is 35.1 Å². The second-order valence-corrected chi connectivity index (χ2v) is 13.2. The summed E-state index contributed by atoms with van der Waals surface area (Å²) in [7, 11) is 19.5. The first kappa shape index (κ1) is 43.2. The van der Waals surface area contributed by atoms with Crippen molar-refractivity contribution in [3.63, 3.8) is 0 Å². The van der Waals surface area contributed by atoms with Crippen LogP contribution in [-0.4, -0.2) is 85.3 Å². The second-order valence-electron chi connectivity index (χ2n) is 13.2. The van der Waals surface area contributed by atoms with Gasteiger partial charge >= 0.3 is 0 Å². The average Bonchev–Trinajstić information content (AvgIpc) is 3.23. The van der Waals surface area contributed by atoms with E-state index in [1.54, 1.807) is 85.3 Å². The Morgan fingerprint density at radius 3 is 0.768 bits per heavy atom. The third kappa shape index (κ3) is 10.0. The summed E-state index contributed by atoms with van der Waals surface area (Å²) in [6, 6.07) is 16.2. The number of aryl methyl sites for hydroxylation is 1. The number of rotatable bonds is 23. The largest absolute Gasteiger partial charge is 0.493 e. The van der Waals surface area contributed by atoms with Gasteiger partial charge in [0.05, 0.1) is 85.3 Å². The maximum atomic E-state index is 5.78. The molecule has 306 valence electrons. The third-order valence-corrected chi connectivity index (χ3v) is 10.1. The highest BCUT2D eigenvalue weighted by molar-refractivity contribution is 5.57. The maximum absolute atomic E-state index is 5.78. The van der Waals surface area contributed by atoms with E-state index >= 15 is 0 Å². The van der Waals surface area contributed by atoms with Gasteiger partial charge < -0.3 is 56.8 Å². The summed E-state index contributed by atoms with van der Waals surface area (Å²) in [5.41, 5.74) is 4.21. The Morgan fingerprint density at radius 2 is 0.536 bits per heavy atom. The van der Waals surface area contributed by atoms with Gasteiger partial charge in [-0.25, -0.2) is 0 Å². The summed E-state index contributed by atoms with van der Waals surface area (Å²) in [6.45, 7) is 0. The molecule has 1 atom stereocenters. The van der Waals surface area contributed by atoms with E-state index in [-0.39, 0.29) is 11.8 Å². The molecule has 4 aromatic carbocycles. The van der Waals surface area contributed by atoms with Gasteiger partial charge in [0.25, 0.3) is 0 Å². The Kier molecular flexibility index (Phi) is 16.2. The predicted octanol–water partition coefficient (Wildman–Crippen LogP) is 8.07. The van der Waals surface area contributed by atoms with Crippen LogP contribution < -0.4 is 56.8 Å². The summed E-state index contributed by atoms with van der Waals surface area (Å²) in [5, 5.41) is 0. The SMILES string of the molecule is COc1cc(CCC[C@H](Cc2cc(OC)c(OC)c(OC)c2)C(Cc2cc(OC)c(OC)c(OC)c2)Cc2cc(OC)c(OC)c(OC)c2)cc(OC)c1OC. The van der Waals surface area contributed by atoms with Crippen molar-refractivity contribution in [2.24, 2.45) is 11.8 Å². The highest BCUT2D eigenvalue weighted by Gasteiger charge is 2.27. The van der Waals surface area contributed by atoms with E-state index < -0.39 is 0 Å². The van der Waals surface area contributed by atoms with Gasteiger partial charge in [-0.1, -0.05) is 0 Å². The monoisotopic (exact) mass is 778 g/mol. The van der Waals surface area contributed by atoms with Gasteiger partial charge in [-0.3, -0.25) is 0 Å². The van der Waals surface area contributed by atoms with Crippen molar-refractivity contribution in [3.05, 3.63) is 70.8 Å². The van der Waals surface area contributed by atoms with Crippen LogP contribution in [0.25, 0.3) is 0 Å². The van der Waals surface area contributed by atoms with Crippen LogP contribution in [0.4, 0.5) is 0 Å². The minimum absolute atomic E-state index is 0.0830. The minimum atomic E-state index is 0.0830. The van der Waals surface area contributed by atoms with Gasteiger partial charge in [-0.15, -0.1) is 0 Å². The van der Waals surface area contributed by atoms with Crippen LogP contribution in [0.2, 0.25) is 0 Å². The average molecular weight is 779 g/mol. The molecule has 0 saturated heterocycles. The molecule has 56 heavy (non-hydrogen) atoms. The second kappa shape index (κ2) is 21.0. The molecule has 12 heteroatoms. The molecule has 0 spiro atoms. The number of methoxy groups -OCH3 is 12. The Labute approximate surface area is 331 Å². The lowest BCUT2D eigenvalue weighted by atomic mass is 9.76.